The third kappa shape index (κ3) is 4.27. The predicted octanol–water partition coefficient (Wildman–Crippen LogP) is 5.05. The first-order chi connectivity index (χ1) is 15.2. The fourth-order valence-electron chi connectivity index (χ4n) is 3.12. The quantitative estimate of drug-likeness (QED) is 0.385. The summed E-state index contributed by atoms with van der Waals surface area (Å²) in [6.45, 7) is 4.63. The zero-order chi connectivity index (χ0) is 21.2. The topological polar surface area (TPSA) is 96.3 Å². The highest BCUT2D eigenvalue weighted by molar-refractivity contribution is 7.98. The van der Waals surface area contributed by atoms with Gasteiger partial charge in [-0.2, -0.15) is 4.98 Å². The molecule has 9 heteroatoms. The number of rotatable bonds is 6. The Morgan fingerprint density at radius 2 is 1.84 bits per heavy atom. The van der Waals surface area contributed by atoms with Crippen molar-refractivity contribution < 1.29 is 18.4 Å². The molecule has 0 aliphatic carbocycles. The van der Waals surface area contributed by atoms with Gasteiger partial charge in [0.1, 0.15) is 6.61 Å². The van der Waals surface area contributed by atoms with E-state index in [1.54, 1.807) is 0 Å². The van der Waals surface area contributed by atoms with Gasteiger partial charge in [0.05, 0.1) is 5.75 Å². The van der Waals surface area contributed by atoms with Crippen molar-refractivity contribution in [3.63, 3.8) is 0 Å². The zero-order valence-electron chi connectivity index (χ0n) is 17.0. The van der Waals surface area contributed by atoms with Crippen LogP contribution in [0.15, 0.2) is 62.7 Å². The molecule has 0 bridgehead atoms. The lowest BCUT2D eigenvalue weighted by Gasteiger charge is -2.23. The summed E-state index contributed by atoms with van der Waals surface area (Å²) in [5.74, 6) is 3.68. The minimum atomic E-state index is -0.444. The minimum absolute atomic E-state index is 0.311. The molecule has 5 rings (SSSR count). The molecule has 0 spiro atoms. The van der Waals surface area contributed by atoms with E-state index in [-0.39, 0.29) is 0 Å². The number of ether oxygens (including phenoxy) is 2. The molecule has 4 aromatic rings. The smallest absolute Gasteiger partial charge is 0.277 e. The number of hydrogen-bond donors (Lipinski definition) is 0. The van der Waals surface area contributed by atoms with Crippen LogP contribution in [-0.2, 0) is 5.75 Å². The van der Waals surface area contributed by atoms with Crippen LogP contribution in [0.4, 0.5) is 0 Å². The van der Waals surface area contributed by atoms with Gasteiger partial charge in [-0.25, -0.2) is 0 Å². The van der Waals surface area contributed by atoms with Gasteiger partial charge in [-0.1, -0.05) is 67.2 Å². The number of para-hydroxylation sites is 2. The Bertz CT molecular complexity index is 1170. The van der Waals surface area contributed by atoms with Gasteiger partial charge in [-0.3, -0.25) is 0 Å². The second-order valence-corrected chi connectivity index (χ2v) is 8.27. The lowest BCUT2D eigenvalue weighted by molar-refractivity contribution is 0.0686. The van der Waals surface area contributed by atoms with Gasteiger partial charge in [-0.15, -0.1) is 10.2 Å². The van der Waals surface area contributed by atoms with E-state index in [4.69, 9.17) is 18.4 Å². The molecule has 158 valence electrons. The van der Waals surface area contributed by atoms with E-state index in [1.165, 1.54) is 17.3 Å². The van der Waals surface area contributed by atoms with Crippen LogP contribution in [0.1, 0.15) is 43.2 Å². The van der Waals surface area contributed by atoms with Crippen molar-refractivity contribution in [1.29, 1.82) is 0 Å². The molecule has 3 heterocycles. The summed E-state index contributed by atoms with van der Waals surface area (Å²) in [5.41, 5.74) is 2.19. The number of thioether (sulfide) groups is 1. The van der Waals surface area contributed by atoms with Crippen LogP contribution < -0.4 is 9.47 Å². The standard InChI is InChI=1S/C22H20N4O4S/c1-13(2)14-7-9-15(10-8-14)20-23-19(30-26-20)12-31-22-25-24-21(29-22)18-11-27-16-5-3-4-6-17(16)28-18/h3-10,13,18H,11-12H2,1-2H3/t18-/m0/s1. The molecular weight excluding hydrogens is 416 g/mol. The summed E-state index contributed by atoms with van der Waals surface area (Å²) in [7, 11) is 0. The van der Waals surface area contributed by atoms with Crippen LogP contribution in [0, 0.1) is 0 Å². The molecule has 0 saturated heterocycles. The van der Waals surface area contributed by atoms with Gasteiger partial charge in [0.25, 0.3) is 11.1 Å². The van der Waals surface area contributed by atoms with E-state index in [0.717, 1.165) is 5.56 Å². The second kappa shape index (κ2) is 8.43. The van der Waals surface area contributed by atoms with Crippen LogP contribution in [0.5, 0.6) is 11.5 Å². The minimum Gasteiger partial charge on any atom is -0.485 e. The Hall–Kier alpha value is -3.33. The van der Waals surface area contributed by atoms with Gasteiger partial charge in [0, 0.05) is 5.56 Å². The van der Waals surface area contributed by atoms with Crippen LogP contribution in [0.3, 0.4) is 0 Å². The Morgan fingerprint density at radius 3 is 2.65 bits per heavy atom. The predicted molar refractivity (Wildman–Crippen MR) is 113 cm³/mol. The molecule has 31 heavy (non-hydrogen) atoms. The molecule has 1 atom stereocenters. The lowest BCUT2D eigenvalue weighted by atomic mass is 10.0. The highest BCUT2D eigenvalue weighted by Crippen LogP contribution is 2.36. The van der Waals surface area contributed by atoms with Crippen LogP contribution >= 0.6 is 11.8 Å². The van der Waals surface area contributed by atoms with Crippen molar-refractivity contribution in [3.8, 4) is 22.9 Å². The van der Waals surface area contributed by atoms with Gasteiger partial charge < -0.3 is 18.4 Å². The van der Waals surface area contributed by atoms with Crippen molar-refractivity contribution >= 4 is 11.8 Å². The molecule has 0 N–H and O–H groups in total. The van der Waals surface area contributed by atoms with Gasteiger partial charge >= 0.3 is 0 Å². The molecule has 0 fully saturated rings. The average molecular weight is 436 g/mol. The van der Waals surface area contributed by atoms with Gasteiger partial charge in [0.2, 0.25) is 17.8 Å². The highest BCUT2D eigenvalue weighted by atomic mass is 32.2. The van der Waals surface area contributed by atoms with Crippen LogP contribution in [0.2, 0.25) is 0 Å². The molecule has 1 aliphatic rings. The normalized spacial score (nSPS) is 15.4. The maximum absolute atomic E-state index is 5.90. The Morgan fingerprint density at radius 1 is 1.03 bits per heavy atom. The number of fused-ring (bicyclic) bond motifs is 1. The molecule has 0 unspecified atom stereocenters. The van der Waals surface area contributed by atoms with E-state index in [9.17, 15) is 0 Å². The SMILES string of the molecule is CC(C)c1ccc(-c2noc(CSc3nnc([C@@H]4COc5ccccc5O4)o3)n2)cc1. The Labute approximate surface area is 183 Å². The van der Waals surface area contributed by atoms with E-state index in [0.29, 0.717) is 52.6 Å². The molecular formula is C22H20N4O4S. The lowest BCUT2D eigenvalue weighted by Crippen LogP contribution is -2.21. The van der Waals surface area contributed by atoms with E-state index in [1.807, 2.05) is 36.4 Å². The van der Waals surface area contributed by atoms with E-state index >= 15 is 0 Å². The summed E-state index contributed by atoms with van der Waals surface area (Å²) in [4.78, 5) is 4.46. The molecule has 0 radical (unpaired) electrons. The molecule has 1 aliphatic heterocycles. The molecule has 0 saturated carbocycles. The largest absolute Gasteiger partial charge is 0.485 e. The monoisotopic (exact) mass is 436 g/mol. The van der Waals surface area contributed by atoms with Crippen molar-refractivity contribution in [2.75, 3.05) is 6.61 Å². The molecule has 0 amide bonds. The van der Waals surface area contributed by atoms with Crippen LogP contribution in [0.25, 0.3) is 11.4 Å². The van der Waals surface area contributed by atoms with Crippen molar-refractivity contribution in [2.24, 2.45) is 0 Å². The molecule has 2 aromatic heterocycles. The van der Waals surface area contributed by atoms with Crippen molar-refractivity contribution in [2.45, 2.75) is 36.8 Å². The Balaban J connectivity index is 1.20. The first kappa shape index (κ1) is 19.6. The summed E-state index contributed by atoms with van der Waals surface area (Å²) in [5, 5.41) is 12.6. The first-order valence-corrected chi connectivity index (χ1v) is 10.9. The number of benzene rings is 2. The summed E-state index contributed by atoms with van der Waals surface area (Å²) in [6.07, 6.45) is -0.444. The third-order valence-electron chi connectivity index (χ3n) is 4.83. The summed E-state index contributed by atoms with van der Waals surface area (Å²) in [6, 6.07) is 15.7. The van der Waals surface area contributed by atoms with Crippen LogP contribution in [-0.4, -0.2) is 26.9 Å². The van der Waals surface area contributed by atoms with Crippen molar-refractivity contribution in [3.05, 3.63) is 65.9 Å². The van der Waals surface area contributed by atoms with E-state index in [2.05, 4.69) is 46.3 Å². The maximum Gasteiger partial charge on any atom is 0.277 e. The zero-order valence-corrected chi connectivity index (χ0v) is 17.8. The number of aromatic nitrogens is 4. The third-order valence-corrected chi connectivity index (χ3v) is 5.63. The van der Waals surface area contributed by atoms with Gasteiger partial charge in [-0.05, 0) is 23.6 Å². The second-order valence-electron chi connectivity index (χ2n) is 7.35. The molecule has 8 nitrogen and oxygen atoms in total. The fourth-order valence-corrected chi connectivity index (χ4v) is 3.73. The van der Waals surface area contributed by atoms with Crippen molar-refractivity contribution in [1.82, 2.24) is 20.3 Å². The highest BCUT2D eigenvalue weighted by Gasteiger charge is 2.27. The summed E-state index contributed by atoms with van der Waals surface area (Å²) < 4.78 is 22.7. The summed E-state index contributed by atoms with van der Waals surface area (Å²) >= 11 is 1.33. The maximum atomic E-state index is 5.90. The first-order valence-electron chi connectivity index (χ1n) is 9.93. The number of nitrogens with zero attached hydrogens (tertiary/aromatic N) is 4. The number of hydrogen-bond acceptors (Lipinski definition) is 9. The Kier molecular flexibility index (Phi) is 5.33. The molecule has 2 aromatic carbocycles. The van der Waals surface area contributed by atoms with E-state index < -0.39 is 6.10 Å². The van der Waals surface area contributed by atoms with Gasteiger partial charge in [0.15, 0.2) is 11.5 Å². The fraction of sp³-hybridized carbons (Fsp3) is 0.273. The average Bonchev–Trinajstić information content (AvgIpc) is 3.47.